The summed E-state index contributed by atoms with van der Waals surface area (Å²) in [5.74, 6) is 0. The fraction of sp³-hybridized carbons (Fsp3) is 0. The van der Waals surface area contributed by atoms with Crippen molar-refractivity contribution in [3.63, 3.8) is 0 Å². The summed E-state index contributed by atoms with van der Waals surface area (Å²) in [4.78, 5) is 3.65. The van der Waals surface area contributed by atoms with Crippen LogP contribution >= 0.6 is 0 Å². The molecule has 0 aliphatic heterocycles. The Balaban J connectivity index is 1.21. The molecule has 1 N–H and O–H groups in total. The first kappa shape index (κ1) is 24.7. The maximum absolute atomic E-state index is 3.65. The lowest BCUT2D eigenvalue weighted by Gasteiger charge is -2.13. The van der Waals surface area contributed by atoms with Gasteiger partial charge < -0.3 is 9.55 Å². The second-order valence-corrected chi connectivity index (χ2v) is 11.5. The topological polar surface area (TPSA) is 20.7 Å². The number of benzene rings is 7. The molecular formula is C42H28N2. The first-order chi connectivity index (χ1) is 21.8. The van der Waals surface area contributed by atoms with E-state index < -0.39 is 0 Å². The Bertz CT molecular complexity index is 2410. The molecule has 0 fully saturated rings. The van der Waals surface area contributed by atoms with Gasteiger partial charge in [-0.1, -0.05) is 109 Å². The van der Waals surface area contributed by atoms with Crippen LogP contribution in [0.1, 0.15) is 0 Å². The van der Waals surface area contributed by atoms with E-state index in [1.54, 1.807) is 0 Å². The van der Waals surface area contributed by atoms with Gasteiger partial charge in [-0.25, -0.2) is 0 Å². The van der Waals surface area contributed by atoms with Gasteiger partial charge in [0.15, 0.2) is 0 Å². The minimum Gasteiger partial charge on any atom is -0.354 e. The zero-order chi connectivity index (χ0) is 29.0. The third-order valence-electron chi connectivity index (χ3n) is 8.90. The molecule has 0 aliphatic rings. The average molecular weight is 561 g/mol. The second-order valence-electron chi connectivity index (χ2n) is 11.5. The number of nitrogens with one attached hydrogen (secondary N) is 1. The normalized spacial score (nSPS) is 11.6. The smallest absolute Gasteiger partial charge is 0.0562 e. The van der Waals surface area contributed by atoms with Crippen molar-refractivity contribution >= 4 is 43.6 Å². The first-order valence-electron chi connectivity index (χ1n) is 15.1. The average Bonchev–Trinajstić information content (AvgIpc) is 3.62. The number of fused-ring (bicyclic) bond motifs is 6. The fourth-order valence-corrected chi connectivity index (χ4v) is 6.78. The minimum atomic E-state index is 1.15. The van der Waals surface area contributed by atoms with Gasteiger partial charge in [-0.15, -0.1) is 0 Å². The lowest BCUT2D eigenvalue weighted by molar-refractivity contribution is 1.18. The van der Waals surface area contributed by atoms with Gasteiger partial charge in [0.1, 0.15) is 0 Å². The summed E-state index contributed by atoms with van der Waals surface area (Å²) in [5, 5.41) is 5.06. The predicted molar refractivity (Wildman–Crippen MR) is 186 cm³/mol. The molecule has 0 radical (unpaired) electrons. The Hall–Kier alpha value is -5.86. The van der Waals surface area contributed by atoms with Crippen molar-refractivity contribution in [2.75, 3.05) is 0 Å². The number of para-hydroxylation sites is 2. The van der Waals surface area contributed by atoms with Crippen LogP contribution < -0.4 is 0 Å². The van der Waals surface area contributed by atoms with Gasteiger partial charge in [0.05, 0.1) is 11.0 Å². The first-order valence-corrected chi connectivity index (χ1v) is 15.1. The van der Waals surface area contributed by atoms with Crippen LogP contribution in [0.4, 0.5) is 0 Å². The molecule has 0 saturated heterocycles. The number of hydrogen-bond acceptors (Lipinski definition) is 0. The van der Waals surface area contributed by atoms with E-state index in [0.717, 1.165) is 11.2 Å². The van der Waals surface area contributed by atoms with Crippen molar-refractivity contribution in [1.29, 1.82) is 0 Å². The Morgan fingerprint density at radius 2 is 0.864 bits per heavy atom. The summed E-state index contributed by atoms with van der Waals surface area (Å²) in [7, 11) is 0. The van der Waals surface area contributed by atoms with Gasteiger partial charge in [-0.3, -0.25) is 0 Å². The summed E-state index contributed by atoms with van der Waals surface area (Å²) in [5.41, 5.74) is 13.2. The molecule has 0 aliphatic carbocycles. The van der Waals surface area contributed by atoms with Gasteiger partial charge in [0, 0.05) is 38.3 Å². The molecule has 2 heterocycles. The molecule has 0 amide bonds. The number of hydrogen-bond donors (Lipinski definition) is 1. The molecule has 9 aromatic rings. The lowest BCUT2D eigenvalue weighted by atomic mass is 9.93. The molecule has 0 atom stereocenters. The van der Waals surface area contributed by atoms with Crippen LogP contribution in [0.5, 0.6) is 0 Å². The highest BCUT2D eigenvalue weighted by atomic mass is 15.0. The second kappa shape index (κ2) is 9.86. The molecule has 7 aromatic carbocycles. The largest absolute Gasteiger partial charge is 0.354 e. The van der Waals surface area contributed by atoms with E-state index >= 15 is 0 Å². The number of aromatic nitrogens is 2. The summed E-state index contributed by atoms with van der Waals surface area (Å²) in [6.45, 7) is 0. The predicted octanol–water partition coefficient (Wildman–Crippen LogP) is 11.4. The molecule has 44 heavy (non-hydrogen) atoms. The van der Waals surface area contributed by atoms with Crippen molar-refractivity contribution in [3.05, 3.63) is 164 Å². The highest BCUT2D eigenvalue weighted by Gasteiger charge is 2.15. The lowest BCUT2D eigenvalue weighted by Crippen LogP contribution is -1.94. The standard InChI is InChI=1S/C42H28N2/c1-3-11-28(12-4-1)31-23-32(29-13-5-2-6-14-29)25-33(24-31)30-19-21-34(22-20-30)44-41-18-10-8-16-36(41)38-26-37-35-15-7-9-17-39(35)43-40(37)27-42(38)44/h1-27,43H. The van der Waals surface area contributed by atoms with Crippen LogP contribution in [0.15, 0.2) is 164 Å². The summed E-state index contributed by atoms with van der Waals surface area (Å²) in [6, 6.07) is 59.2. The monoisotopic (exact) mass is 560 g/mol. The van der Waals surface area contributed by atoms with Crippen molar-refractivity contribution in [2.24, 2.45) is 0 Å². The Morgan fingerprint density at radius 3 is 1.52 bits per heavy atom. The maximum atomic E-state index is 3.65. The van der Waals surface area contributed by atoms with Crippen LogP contribution in [0.3, 0.4) is 0 Å². The van der Waals surface area contributed by atoms with Gasteiger partial charge >= 0.3 is 0 Å². The summed E-state index contributed by atoms with van der Waals surface area (Å²) in [6.07, 6.45) is 0. The molecule has 206 valence electrons. The quantitative estimate of drug-likeness (QED) is 0.221. The summed E-state index contributed by atoms with van der Waals surface area (Å²) < 4.78 is 2.40. The van der Waals surface area contributed by atoms with E-state index in [0.29, 0.717) is 0 Å². The molecule has 0 spiro atoms. The van der Waals surface area contributed by atoms with E-state index in [-0.39, 0.29) is 0 Å². The van der Waals surface area contributed by atoms with Crippen LogP contribution in [0, 0.1) is 0 Å². The number of rotatable bonds is 4. The minimum absolute atomic E-state index is 1.15. The molecule has 2 nitrogen and oxygen atoms in total. The number of nitrogens with zero attached hydrogens (tertiary/aromatic N) is 1. The third-order valence-corrected chi connectivity index (χ3v) is 8.90. The van der Waals surface area contributed by atoms with E-state index in [2.05, 4.69) is 173 Å². The van der Waals surface area contributed by atoms with Crippen molar-refractivity contribution in [3.8, 4) is 39.1 Å². The van der Waals surface area contributed by atoms with Gasteiger partial charge in [0.25, 0.3) is 0 Å². The van der Waals surface area contributed by atoms with Crippen LogP contribution in [-0.2, 0) is 0 Å². The molecule has 0 bridgehead atoms. The van der Waals surface area contributed by atoms with E-state index in [4.69, 9.17) is 0 Å². The van der Waals surface area contributed by atoms with Crippen molar-refractivity contribution < 1.29 is 0 Å². The Morgan fingerprint density at radius 1 is 0.318 bits per heavy atom. The third kappa shape index (κ3) is 3.96. The molecular weight excluding hydrogens is 532 g/mol. The van der Waals surface area contributed by atoms with Crippen molar-refractivity contribution in [1.82, 2.24) is 9.55 Å². The molecule has 2 heteroatoms. The fourth-order valence-electron chi connectivity index (χ4n) is 6.78. The summed E-state index contributed by atoms with van der Waals surface area (Å²) >= 11 is 0. The van der Waals surface area contributed by atoms with Gasteiger partial charge in [-0.2, -0.15) is 0 Å². The molecule has 9 rings (SSSR count). The van der Waals surface area contributed by atoms with Gasteiger partial charge in [-0.05, 0) is 88.0 Å². The number of aromatic amines is 1. The Kier molecular flexibility index (Phi) is 5.54. The highest BCUT2D eigenvalue weighted by molar-refractivity contribution is 6.18. The molecule has 0 saturated carbocycles. The van der Waals surface area contributed by atoms with Crippen LogP contribution in [-0.4, -0.2) is 9.55 Å². The van der Waals surface area contributed by atoms with Crippen LogP contribution in [0.2, 0.25) is 0 Å². The zero-order valence-corrected chi connectivity index (χ0v) is 24.0. The van der Waals surface area contributed by atoms with Crippen LogP contribution in [0.25, 0.3) is 82.7 Å². The van der Waals surface area contributed by atoms with Crippen molar-refractivity contribution in [2.45, 2.75) is 0 Å². The number of H-pyrrole nitrogens is 1. The SMILES string of the molecule is c1ccc(-c2cc(-c3ccccc3)cc(-c3ccc(-n4c5ccccc5c5cc6c(cc54)[nH]c4ccccc46)cc3)c2)cc1. The highest BCUT2D eigenvalue weighted by Crippen LogP contribution is 2.38. The maximum Gasteiger partial charge on any atom is 0.0562 e. The van der Waals surface area contributed by atoms with Gasteiger partial charge in [0.2, 0.25) is 0 Å². The van der Waals surface area contributed by atoms with E-state index in [9.17, 15) is 0 Å². The molecule has 0 unspecified atom stereocenters. The van der Waals surface area contributed by atoms with E-state index in [1.807, 2.05) is 0 Å². The zero-order valence-electron chi connectivity index (χ0n) is 24.0. The van der Waals surface area contributed by atoms with E-state index in [1.165, 1.54) is 71.5 Å². The Labute approximate surface area is 255 Å². The molecule has 2 aromatic heterocycles.